The lowest BCUT2D eigenvalue weighted by Crippen LogP contribution is -2.37. The zero-order valence-corrected chi connectivity index (χ0v) is 13.0. The Kier molecular flexibility index (Phi) is 5.20. The molecule has 1 N–H and O–H groups in total. The van der Waals surface area contributed by atoms with Crippen molar-refractivity contribution in [1.82, 2.24) is 0 Å². The van der Waals surface area contributed by atoms with E-state index in [0.717, 1.165) is 41.8 Å². The van der Waals surface area contributed by atoms with E-state index in [4.69, 9.17) is 9.84 Å². The van der Waals surface area contributed by atoms with E-state index in [1.807, 2.05) is 18.2 Å². The lowest BCUT2D eigenvalue weighted by atomic mass is 10.0. The number of hydrogen-bond donors (Lipinski definition) is 1. The molecule has 20 heavy (non-hydrogen) atoms. The Balaban J connectivity index is 2.27. The van der Waals surface area contributed by atoms with Crippen molar-refractivity contribution in [1.29, 1.82) is 0 Å². The monoisotopic (exact) mass is 339 g/mol. The summed E-state index contributed by atoms with van der Waals surface area (Å²) in [5, 5.41) is 8.78. The fourth-order valence-electron chi connectivity index (χ4n) is 2.39. The maximum Gasteiger partial charge on any atom is 0.328 e. The number of ether oxygens (including phenoxy) is 1. The summed E-state index contributed by atoms with van der Waals surface area (Å²) in [4.78, 5) is 12.9. The van der Waals surface area contributed by atoms with Crippen molar-refractivity contribution in [3.05, 3.63) is 34.3 Å². The highest BCUT2D eigenvalue weighted by molar-refractivity contribution is 9.10. The highest BCUT2D eigenvalue weighted by Crippen LogP contribution is 2.29. The predicted octanol–water partition coefficient (Wildman–Crippen LogP) is 3.16. The molecule has 1 aromatic carbocycles. The first-order valence-corrected chi connectivity index (χ1v) is 7.38. The minimum Gasteiger partial charge on any atom is -0.478 e. The quantitative estimate of drug-likeness (QED) is 0.856. The molecule has 0 amide bonds. The van der Waals surface area contributed by atoms with Gasteiger partial charge in [0.05, 0.1) is 0 Å². The normalized spacial score (nSPS) is 16.5. The number of hydrogen-bond acceptors (Lipinski definition) is 3. The summed E-state index contributed by atoms with van der Waals surface area (Å²) >= 11 is 3.48. The van der Waals surface area contributed by atoms with Gasteiger partial charge in [0.25, 0.3) is 0 Å². The Hall–Kier alpha value is -1.33. The van der Waals surface area contributed by atoms with Crippen LogP contribution < -0.4 is 4.90 Å². The van der Waals surface area contributed by atoms with Crippen LogP contribution in [-0.2, 0) is 9.53 Å². The smallest absolute Gasteiger partial charge is 0.328 e. The molecule has 1 saturated heterocycles. The molecule has 0 aromatic heterocycles. The minimum absolute atomic E-state index is 0.426. The molecular weight excluding hydrogens is 322 g/mol. The zero-order valence-electron chi connectivity index (χ0n) is 11.4. The molecule has 0 saturated carbocycles. The van der Waals surface area contributed by atoms with Crippen LogP contribution in [0.1, 0.15) is 18.4 Å². The summed E-state index contributed by atoms with van der Waals surface area (Å²) in [5.41, 5.74) is 1.94. The highest BCUT2D eigenvalue weighted by atomic mass is 79.9. The Morgan fingerprint density at radius 2 is 2.15 bits per heavy atom. The number of rotatable bonds is 4. The van der Waals surface area contributed by atoms with Gasteiger partial charge in [0.1, 0.15) is 0 Å². The zero-order chi connectivity index (χ0) is 14.5. The van der Waals surface area contributed by atoms with Crippen LogP contribution >= 0.6 is 15.9 Å². The van der Waals surface area contributed by atoms with Crippen LogP contribution in [-0.4, -0.2) is 37.4 Å². The first kappa shape index (κ1) is 15.1. The fourth-order valence-corrected chi connectivity index (χ4v) is 2.74. The molecule has 1 aromatic rings. The third-order valence-electron chi connectivity index (χ3n) is 3.52. The van der Waals surface area contributed by atoms with E-state index in [1.54, 1.807) is 6.08 Å². The summed E-state index contributed by atoms with van der Waals surface area (Å²) in [6.45, 7) is 1.56. The molecule has 1 heterocycles. The second-order valence-corrected chi connectivity index (χ2v) is 5.74. The topological polar surface area (TPSA) is 49.8 Å². The molecule has 0 unspecified atom stereocenters. The maximum absolute atomic E-state index is 10.7. The van der Waals surface area contributed by atoms with Gasteiger partial charge in [-0.05, 0) is 36.6 Å². The molecule has 5 heteroatoms. The van der Waals surface area contributed by atoms with Gasteiger partial charge < -0.3 is 14.7 Å². The van der Waals surface area contributed by atoms with E-state index in [0.29, 0.717) is 6.04 Å². The molecular formula is C15H18BrNO3. The summed E-state index contributed by atoms with van der Waals surface area (Å²) in [6, 6.07) is 6.30. The molecule has 1 aliphatic heterocycles. The summed E-state index contributed by atoms with van der Waals surface area (Å²) in [6.07, 6.45) is 4.79. The van der Waals surface area contributed by atoms with Gasteiger partial charge in [-0.2, -0.15) is 0 Å². The van der Waals surface area contributed by atoms with Crippen molar-refractivity contribution in [3.63, 3.8) is 0 Å². The van der Waals surface area contributed by atoms with Gasteiger partial charge in [-0.25, -0.2) is 4.79 Å². The third-order valence-corrected chi connectivity index (χ3v) is 4.01. The number of benzene rings is 1. The molecule has 108 valence electrons. The lowest BCUT2D eigenvalue weighted by Gasteiger charge is -2.34. The van der Waals surface area contributed by atoms with Crippen LogP contribution in [0.25, 0.3) is 6.08 Å². The number of halogens is 1. The molecule has 4 nitrogen and oxygen atoms in total. The molecule has 0 radical (unpaired) electrons. The highest BCUT2D eigenvalue weighted by Gasteiger charge is 2.20. The van der Waals surface area contributed by atoms with Gasteiger partial charge in [-0.3, -0.25) is 0 Å². The van der Waals surface area contributed by atoms with Crippen LogP contribution in [0.3, 0.4) is 0 Å². The van der Waals surface area contributed by atoms with Crippen molar-refractivity contribution >= 4 is 33.7 Å². The van der Waals surface area contributed by atoms with Crippen molar-refractivity contribution in [2.24, 2.45) is 0 Å². The number of carbonyl (C=O) groups is 1. The number of carboxylic acid groups (broad SMARTS) is 1. The van der Waals surface area contributed by atoms with E-state index in [1.165, 1.54) is 6.08 Å². The van der Waals surface area contributed by atoms with Crippen molar-refractivity contribution in [2.75, 3.05) is 25.2 Å². The van der Waals surface area contributed by atoms with Crippen LogP contribution in [0, 0.1) is 0 Å². The Morgan fingerprint density at radius 3 is 2.80 bits per heavy atom. The molecule has 0 bridgehead atoms. The van der Waals surface area contributed by atoms with Gasteiger partial charge in [-0.1, -0.05) is 22.0 Å². The largest absolute Gasteiger partial charge is 0.478 e. The van der Waals surface area contributed by atoms with Crippen LogP contribution in [0.15, 0.2) is 28.7 Å². The Labute approximate surface area is 127 Å². The SMILES string of the molecule is CN(c1cc(Br)ccc1/C=C/C(=O)O)C1CCOCC1. The second-order valence-electron chi connectivity index (χ2n) is 4.83. The summed E-state index contributed by atoms with van der Waals surface area (Å²) < 4.78 is 6.38. The molecule has 0 aliphatic carbocycles. The van der Waals surface area contributed by atoms with Crippen molar-refractivity contribution in [2.45, 2.75) is 18.9 Å². The maximum atomic E-state index is 10.7. The molecule has 0 spiro atoms. The van der Waals surface area contributed by atoms with Crippen LogP contribution in [0.5, 0.6) is 0 Å². The number of nitrogens with zero attached hydrogens (tertiary/aromatic N) is 1. The average Bonchev–Trinajstić information content (AvgIpc) is 2.46. The third kappa shape index (κ3) is 3.84. The first-order chi connectivity index (χ1) is 9.58. The van der Waals surface area contributed by atoms with Crippen LogP contribution in [0.4, 0.5) is 5.69 Å². The van der Waals surface area contributed by atoms with E-state index in [-0.39, 0.29) is 0 Å². The van der Waals surface area contributed by atoms with Gasteiger partial charge in [-0.15, -0.1) is 0 Å². The van der Waals surface area contributed by atoms with Crippen molar-refractivity contribution in [3.8, 4) is 0 Å². The Bertz CT molecular complexity index is 510. The number of aliphatic carboxylic acids is 1. The van der Waals surface area contributed by atoms with Gasteiger partial charge in [0.2, 0.25) is 0 Å². The molecule has 2 rings (SSSR count). The van der Waals surface area contributed by atoms with E-state index < -0.39 is 5.97 Å². The number of anilines is 1. The predicted molar refractivity (Wildman–Crippen MR) is 83.1 cm³/mol. The van der Waals surface area contributed by atoms with E-state index in [2.05, 4.69) is 27.9 Å². The second kappa shape index (κ2) is 6.90. The Morgan fingerprint density at radius 1 is 1.45 bits per heavy atom. The first-order valence-electron chi connectivity index (χ1n) is 6.59. The molecule has 1 fully saturated rings. The van der Waals surface area contributed by atoms with Crippen LogP contribution in [0.2, 0.25) is 0 Å². The summed E-state index contributed by atoms with van der Waals surface area (Å²) in [5.74, 6) is -0.937. The molecule has 0 atom stereocenters. The summed E-state index contributed by atoms with van der Waals surface area (Å²) in [7, 11) is 2.05. The average molecular weight is 340 g/mol. The lowest BCUT2D eigenvalue weighted by molar-refractivity contribution is -0.131. The van der Waals surface area contributed by atoms with E-state index >= 15 is 0 Å². The van der Waals surface area contributed by atoms with Gasteiger partial charge in [0, 0.05) is 42.5 Å². The van der Waals surface area contributed by atoms with Gasteiger partial charge in [0.15, 0.2) is 0 Å². The standard InChI is InChI=1S/C15H18BrNO3/c1-17(13-6-8-20-9-7-13)14-10-12(16)4-2-11(14)3-5-15(18)19/h2-5,10,13H,6-9H2,1H3,(H,18,19)/b5-3+. The van der Waals surface area contributed by atoms with Crippen molar-refractivity contribution < 1.29 is 14.6 Å². The fraction of sp³-hybridized carbons (Fsp3) is 0.400. The van der Waals surface area contributed by atoms with E-state index in [9.17, 15) is 4.79 Å². The van der Waals surface area contributed by atoms with Gasteiger partial charge >= 0.3 is 5.97 Å². The minimum atomic E-state index is -0.937. The molecule has 1 aliphatic rings. The number of carboxylic acids is 1.